The van der Waals surface area contributed by atoms with Crippen molar-refractivity contribution in [1.82, 2.24) is 20.2 Å². The Bertz CT molecular complexity index is 583. The van der Waals surface area contributed by atoms with Gasteiger partial charge in [-0.25, -0.2) is 9.78 Å². The number of aromatic nitrogens is 2. The Morgan fingerprint density at radius 3 is 2.67 bits per heavy atom. The Morgan fingerprint density at radius 2 is 2.05 bits per heavy atom. The molecule has 7 heteroatoms. The molecule has 21 heavy (non-hydrogen) atoms. The number of benzene rings is 1. The first-order valence-electron chi connectivity index (χ1n) is 6.48. The number of imidazole rings is 1. The van der Waals surface area contributed by atoms with Crippen LogP contribution in [0.15, 0.2) is 49.1 Å². The smallest absolute Gasteiger partial charge is 0.312 e. The van der Waals surface area contributed by atoms with E-state index in [9.17, 15) is 9.59 Å². The summed E-state index contributed by atoms with van der Waals surface area (Å²) in [4.78, 5) is 26.5. The van der Waals surface area contributed by atoms with Gasteiger partial charge >= 0.3 is 6.03 Å². The number of amides is 3. The van der Waals surface area contributed by atoms with Crippen molar-refractivity contribution in [3.05, 3.63) is 54.6 Å². The van der Waals surface area contributed by atoms with E-state index in [0.29, 0.717) is 6.54 Å². The van der Waals surface area contributed by atoms with Gasteiger partial charge in [0.25, 0.3) is 0 Å². The normalized spacial score (nSPS) is 11.6. The molecule has 0 aliphatic heterocycles. The van der Waals surface area contributed by atoms with Crippen LogP contribution in [-0.2, 0) is 11.3 Å². The lowest BCUT2D eigenvalue weighted by Gasteiger charge is -2.20. The van der Waals surface area contributed by atoms with Crippen LogP contribution < -0.4 is 16.4 Å². The first-order chi connectivity index (χ1) is 10.1. The fourth-order valence-corrected chi connectivity index (χ4v) is 1.94. The highest BCUT2D eigenvalue weighted by atomic mass is 16.2. The van der Waals surface area contributed by atoms with Crippen LogP contribution in [0.2, 0.25) is 0 Å². The predicted octanol–water partition coefficient (Wildman–Crippen LogP) is 0.409. The molecular formula is C14H17N5O2. The maximum absolute atomic E-state index is 11.9. The number of urea groups is 1. The summed E-state index contributed by atoms with van der Waals surface area (Å²) >= 11 is 0. The van der Waals surface area contributed by atoms with Crippen molar-refractivity contribution < 1.29 is 9.59 Å². The molecule has 0 saturated carbocycles. The summed E-state index contributed by atoms with van der Waals surface area (Å²) in [6.07, 6.45) is 5.19. The highest BCUT2D eigenvalue weighted by molar-refractivity contribution is 5.83. The monoisotopic (exact) mass is 287 g/mol. The molecule has 7 nitrogen and oxygen atoms in total. The summed E-state index contributed by atoms with van der Waals surface area (Å²) in [7, 11) is 0. The summed E-state index contributed by atoms with van der Waals surface area (Å²) in [5.41, 5.74) is 5.92. The van der Waals surface area contributed by atoms with E-state index in [4.69, 9.17) is 5.73 Å². The molecule has 0 bridgehead atoms. The van der Waals surface area contributed by atoms with Crippen LogP contribution in [0.5, 0.6) is 0 Å². The minimum Gasteiger partial charge on any atom is -0.352 e. The molecule has 0 aliphatic carbocycles. The first kappa shape index (κ1) is 14.6. The third kappa shape index (κ3) is 4.64. The van der Waals surface area contributed by atoms with E-state index < -0.39 is 6.03 Å². The molecule has 2 aromatic rings. The molecule has 4 N–H and O–H groups in total. The van der Waals surface area contributed by atoms with Crippen LogP contribution in [0.25, 0.3) is 0 Å². The van der Waals surface area contributed by atoms with Crippen LogP contribution in [0.3, 0.4) is 0 Å². The summed E-state index contributed by atoms with van der Waals surface area (Å²) in [6.45, 7) is 0.398. The second kappa shape index (κ2) is 7.09. The number of carbonyl (C=O) groups is 2. The summed E-state index contributed by atoms with van der Waals surface area (Å²) in [5, 5.41) is 5.14. The molecule has 0 spiro atoms. The van der Waals surface area contributed by atoms with E-state index in [1.165, 1.54) is 0 Å². The van der Waals surface area contributed by atoms with E-state index in [0.717, 1.165) is 5.56 Å². The van der Waals surface area contributed by atoms with Gasteiger partial charge in [-0.05, 0) is 5.56 Å². The zero-order valence-electron chi connectivity index (χ0n) is 11.4. The number of hydrogen-bond donors (Lipinski definition) is 3. The molecule has 0 saturated heterocycles. The predicted molar refractivity (Wildman–Crippen MR) is 77.1 cm³/mol. The van der Waals surface area contributed by atoms with E-state index >= 15 is 0 Å². The number of nitrogens with two attached hydrogens (primary N) is 1. The van der Waals surface area contributed by atoms with Gasteiger partial charge in [-0.1, -0.05) is 30.3 Å². The lowest BCUT2D eigenvalue weighted by molar-refractivity contribution is -0.120. The van der Waals surface area contributed by atoms with Crippen molar-refractivity contribution in [2.75, 3.05) is 6.54 Å². The molecule has 1 aromatic carbocycles. The van der Waals surface area contributed by atoms with Crippen LogP contribution in [0.4, 0.5) is 4.79 Å². The molecule has 110 valence electrons. The van der Waals surface area contributed by atoms with Crippen molar-refractivity contribution >= 4 is 11.9 Å². The van der Waals surface area contributed by atoms with Gasteiger partial charge < -0.3 is 20.9 Å². The number of nitrogens with one attached hydrogen (secondary N) is 2. The van der Waals surface area contributed by atoms with Crippen molar-refractivity contribution in [3.8, 4) is 0 Å². The number of nitrogens with zero attached hydrogens (tertiary/aromatic N) is 2. The Balaban J connectivity index is 2.05. The molecule has 1 heterocycles. The lowest BCUT2D eigenvalue weighted by atomic mass is 10.1. The Labute approximate surface area is 122 Å². The van der Waals surface area contributed by atoms with Gasteiger partial charge in [0.2, 0.25) is 5.91 Å². The number of primary amides is 1. The molecule has 0 unspecified atom stereocenters. The molecule has 1 atom stereocenters. The quantitative estimate of drug-likeness (QED) is 0.717. The van der Waals surface area contributed by atoms with Gasteiger partial charge in [0.1, 0.15) is 0 Å². The largest absolute Gasteiger partial charge is 0.352 e. The number of carbonyl (C=O) groups excluding carboxylic acids is 2. The Morgan fingerprint density at radius 1 is 1.29 bits per heavy atom. The average molecular weight is 287 g/mol. The second-order valence-corrected chi connectivity index (χ2v) is 4.51. The molecular weight excluding hydrogens is 270 g/mol. The standard InChI is InChI=1S/C14H17N5O2/c15-14(21)17-8-13(20)18-12(9-19-7-6-16-10-19)11-4-2-1-3-5-11/h1-7,10,12H,8-9H2,(H,18,20)(H3,15,17,21)/t12-/m1/s1. The Hall–Kier alpha value is -2.83. The lowest BCUT2D eigenvalue weighted by Crippen LogP contribution is -2.41. The fraction of sp³-hybridized carbons (Fsp3) is 0.214. The third-order valence-corrected chi connectivity index (χ3v) is 2.91. The third-order valence-electron chi connectivity index (χ3n) is 2.91. The minimum atomic E-state index is -0.726. The van der Waals surface area contributed by atoms with Gasteiger partial charge in [0, 0.05) is 18.9 Å². The van der Waals surface area contributed by atoms with Gasteiger partial charge in [0.05, 0.1) is 18.9 Å². The SMILES string of the molecule is NC(=O)NCC(=O)N[C@H](Cn1ccnc1)c1ccccc1. The van der Waals surface area contributed by atoms with Crippen LogP contribution in [0.1, 0.15) is 11.6 Å². The molecule has 0 radical (unpaired) electrons. The highest BCUT2D eigenvalue weighted by Gasteiger charge is 2.15. The first-order valence-corrected chi connectivity index (χ1v) is 6.48. The number of hydrogen-bond acceptors (Lipinski definition) is 3. The molecule has 2 rings (SSSR count). The average Bonchev–Trinajstić information content (AvgIpc) is 2.98. The van der Waals surface area contributed by atoms with Crippen LogP contribution in [0, 0.1) is 0 Å². The molecule has 0 aliphatic rings. The fourth-order valence-electron chi connectivity index (χ4n) is 1.94. The van der Waals surface area contributed by atoms with Gasteiger partial charge in [-0.15, -0.1) is 0 Å². The zero-order valence-corrected chi connectivity index (χ0v) is 11.4. The van der Waals surface area contributed by atoms with E-state index in [-0.39, 0.29) is 18.5 Å². The zero-order chi connectivity index (χ0) is 15.1. The molecule has 3 amide bonds. The maximum atomic E-state index is 11.9. The van der Waals surface area contributed by atoms with E-state index in [1.54, 1.807) is 12.5 Å². The maximum Gasteiger partial charge on any atom is 0.312 e. The number of rotatable bonds is 6. The second-order valence-electron chi connectivity index (χ2n) is 4.51. The van der Waals surface area contributed by atoms with E-state index in [1.807, 2.05) is 41.1 Å². The van der Waals surface area contributed by atoms with Gasteiger partial charge in [0.15, 0.2) is 0 Å². The van der Waals surface area contributed by atoms with Crippen molar-refractivity contribution in [2.24, 2.45) is 5.73 Å². The minimum absolute atomic E-state index is 0.150. The van der Waals surface area contributed by atoms with Crippen LogP contribution >= 0.6 is 0 Å². The van der Waals surface area contributed by atoms with Crippen molar-refractivity contribution in [1.29, 1.82) is 0 Å². The summed E-state index contributed by atoms with van der Waals surface area (Å²) in [5.74, 6) is -0.303. The molecule has 1 aromatic heterocycles. The summed E-state index contributed by atoms with van der Waals surface area (Å²) < 4.78 is 1.87. The van der Waals surface area contributed by atoms with E-state index in [2.05, 4.69) is 15.6 Å². The van der Waals surface area contributed by atoms with Gasteiger partial charge in [-0.2, -0.15) is 0 Å². The van der Waals surface area contributed by atoms with Crippen molar-refractivity contribution in [2.45, 2.75) is 12.6 Å². The summed E-state index contributed by atoms with van der Waals surface area (Å²) in [6, 6.07) is 8.65. The van der Waals surface area contributed by atoms with Crippen LogP contribution in [-0.4, -0.2) is 28.0 Å². The van der Waals surface area contributed by atoms with Crippen molar-refractivity contribution in [3.63, 3.8) is 0 Å². The van der Waals surface area contributed by atoms with Gasteiger partial charge in [-0.3, -0.25) is 4.79 Å². The topological polar surface area (TPSA) is 102 Å². The Kier molecular flexibility index (Phi) is 4.92. The molecule has 0 fully saturated rings. The highest BCUT2D eigenvalue weighted by Crippen LogP contribution is 2.14.